The quantitative estimate of drug-likeness (QED) is 0.928. The third-order valence-electron chi connectivity index (χ3n) is 4.49. The molecule has 2 aromatic rings. The minimum absolute atomic E-state index is 0.0444. The molecule has 2 atom stereocenters. The first-order valence-electron chi connectivity index (χ1n) is 8.13. The molecule has 2 saturated heterocycles. The molecule has 1 aromatic heterocycles. The SMILES string of the molecule is O=C1N[C@@H]2COC[C@H]1CN(Cc1ccc(-c3ccccc3Cl)o1)C2. The Hall–Kier alpha value is -1.82. The summed E-state index contributed by atoms with van der Waals surface area (Å²) in [6.45, 7) is 3.19. The molecule has 1 N–H and O–H groups in total. The Labute approximate surface area is 145 Å². The van der Waals surface area contributed by atoms with Crippen LogP contribution in [-0.2, 0) is 16.1 Å². The van der Waals surface area contributed by atoms with Crippen LogP contribution in [0.1, 0.15) is 5.76 Å². The van der Waals surface area contributed by atoms with Gasteiger partial charge < -0.3 is 14.5 Å². The van der Waals surface area contributed by atoms with Crippen LogP contribution in [0.3, 0.4) is 0 Å². The highest BCUT2D eigenvalue weighted by Gasteiger charge is 2.33. The van der Waals surface area contributed by atoms with Gasteiger partial charge in [0.05, 0.1) is 36.7 Å². The van der Waals surface area contributed by atoms with E-state index in [2.05, 4.69) is 10.2 Å². The lowest BCUT2D eigenvalue weighted by molar-refractivity contribution is -0.125. The number of hydrogen-bond acceptors (Lipinski definition) is 4. The summed E-state index contributed by atoms with van der Waals surface area (Å²) in [5.41, 5.74) is 0.892. The third-order valence-corrected chi connectivity index (χ3v) is 4.82. The summed E-state index contributed by atoms with van der Waals surface area (Å²) in [6, 6.07) is 11.6. The highest BCUT2D eigenvalue weighted by atomic mass is 35.5. The molecule has 2 aliphatic rings. The Bertz CT molecular complexity index is 745. The van der Waals surface area contributed by atoms with Crippen molar-refractivity contribution >= 4 is 17.5 Å². The number of nitrogens with one attached hydrogen (secondary N) is 1. The highest BCUT2D eigenvalue weighted by Crippen LogP contribution is 2.29. The number of nitrogens with zero attached hydrogens (tertiary/aromatic N) is 1. The van der Waals surface area contributed by atoms with Gasteiger partial charge in [0.2, 0.25) is 5.91 Å². The number of furan rings is 1. The fraction of sp³-hybridized carbons (Fsp3) is 0.389. The van der Waals surface area contributed by atoms with E-state index in [-0.39, 0.29) is 17.9 Å². The lowest BCUT2D eigenvalue weighted by Gasteiger charge is -2.26. The largest absolute Gasteiger partial charge is 0.460 e. The average molecular weight is 347 g/mol. The molecule has 2 fully saturated rings. The van der Waals surface area contributed by atoms with E-state index in [0.29, 0.717) is 31.3 Å². The lowest BCUT2D eigenvalue weighted by atomic mass is 10.1. The van der Waals surface area contributed by atoms with E-state index in [4.69, 9.17) is 20.8 Å². The summed E-state index contributed by atoms with van der Waals surface area (Å²) in [7, 11) is 0. The van der Waals surface area contributed by atoms with Gasteiger partial charge >= 0.3 is 0 Å². The predicted octanol–water partition coefficient (Wildman–Crippen LogP) is 2.55. The average Bonchev–Trinajstić information content (AvgIpc) is 2.86. The Balaban J connectivity index is 1.50. The summed E-state index contributed by atoms with van der Waals surface area (Å²) in [6.07, 6.45) is 0. The smallest absolute Gasteiger partial charge is 0.227 e. The van der Waals surface area contributed by atoms with Gasteiger partial charge in [-0.25, -0.2) is 0 Å². The zero-order valence-electron chi connectivity index (χ0n) is 13.2. The Morgan fingerprint density at radius 1 is 1.17 bits per heavy atom. The number of halogens is 1. The number of carbonyl (C=O) groups excluding carboxylic acids is 1. The van der Waals surface area contributed by atoms with Gasteiger partial charge in [-0.3, -0.25) is 9.69 Å². The molecule has 126 valence electrons. The van der Waals surface area contributed by atoms with Crippen LogP contribution in [0.4, 0.5) is 0 Å². The number of fused-ring (bicyclic) bond motifs is 3. The van der Waals surface area contributed by atoms with Crippen LogP contribution < -0.4 is 5.32 Å². The van der Waals surface area contributed by atoms with Crippen molar-refractivity contribution in [2.75, 3.05) is 26.3 Å². The van der Waals surface area contributed by atoms with E-state index >= 15 is 0 Å². The summed E-state index contributed by atoms with van der Waals surface area (Å²) in [5, 5.41) is 3.72. The maximum absolute atomic E-state index is 12.1. The molecular formula is C18H19ClN2O3. The molecule has 3 heterocycles. The van der Waals surface area contributed by atoms with E-state index in [0.717, 1.165) is 23.6 Å². The van der Waals surface area contributed by atoms with Crippen LogP contribution in [0.15, 0.2) is 40.8 Å². The fourth-order valence-corrected chi connectivity index (χ4v) is 3.57. The van der Waals surface area contributed by atoms with Crippen LogP contribution in [0.25, 0.3) is 11.3 Å². The summed E-state index contributed by atoms with van der Waals surface area (Å²) < 4.78 is 11.5. The Morgan fingerprint density at radius 3 is 2.92 bits per heavy atom. The van der Waals surface area contributed by atoms with E-state index in [1.54, 1.807) is 0 Å². The minimum atomic E-state index is -0.115. The van der Waals surface area contributed by atoms with E-state index in [1.165, 1.54) is 0 Å². The van der Waals surface area contributed by atoms with Crippen molar-refractivity contribution in [2.45, 2.75) is 12.6 Å². The van der Waals surface area contributed by atoms with Crippen molar-refractivity contribution in [3.8, 4) is 11.3 Å². The molecule has 1 amide bonds. The molecule has 0 spiro atoms. The van der Waals surface area contributed by atoms with Crippen molar-refractivity contribution in [3.63, 3.8) is 0 Å². The molecular weight excluding hydrogens is 328 g/mol. The number of amides is 1. The van der Waals surface area contributed by atoms with Gasteiger partial charge in [0, 0.05) is 18.7 Å². The second-order valence-corrected chi connectivity index (χ2v) is 6.79. The molecule has 0 unspecified atom stereocenters. The first-order chi connectivity index (χ1) is 11.7. The van der Waals surface area contributed by atoms with Gasteiger partial charge in [0.15, 0.2) is 0 Å². The summed E-state index contributed by atoms with van der Waals surface area (Å²) in [5.74, 6) is 1.62. The first-order valence-corrected chi connectivity index (χ1v) is 8.51. The summed E-state index contributed by atoms with van der Waals surface area (Å²) >= 11 is 6.23. The topological polar surface area (TPSA) is 54.7 Å². The van der Waals surface area contributed by atoms with Crippen LogP contribution >= 0.6 is 11.6 Å². The Morgan fingerprint density at radius 2 is 2.04 bits per heavy atom. The molecule has 0 aliphatic carbocycles. The van der Waals surface area contributed by atoms with Crippen molar-refractivity contribution in [1.82, 2.24) is 10.2 Å². The molecule has 2 aliphatic heterocycles. The van der Waals surface area contributed by atoms with E-state index in [9.17, 15) is 4.79 Å². The zero-order valence-corrected chi connectivity index (χ0v) is 14.0. The molecule has 2 bridgehead atoms. The number of benzene rings is 1. The predicted molar refractivity (Wildman–Crippen MR) is 90.7 cm³/mol. The fourth-order valence-electron chi connectivity index (χ4n) is 3.34. The second kappa shape index (κ2) is 6.59. The van der Waals surface area contributed by atoms with Gasteiger partial charge in [-0.15, -0.1) is 0 Å². The normalized spacial score (nSPS) is 24.5. The van der Waals surface area contributed by atoms with Gasteiger partial charge in [0.1, 0.15) is 11.5 Å². The molecule has 0 radical (unpaired) electrons. The number of hydrogen-bond donors (Lipinski definition) is 1. The third kappa shape index (κ3) is 3.20. The first kappa shape index (κ1) is 15.7. The molecule has 1 aromatic carbocycles. The molecule has 5 nitrogen and oxygen atoms in total. The van der Waals surface area contributed by atoms with E-state index in [1.807, 2.05) is 36.4 Å². The van der Waals surface area contributed by atoms with Crippen LogP contribution in [-0.4, -0.2) is 43.2 Å². The highest BCUT2D eigenvalue weighted by molar-refractivity contribution is 6.33. The van der Waals surface area contributed by atoms with Crippen molar-refractivity contribution in [1.29, 1.82) is 0 Å². The van der Waals surface area contributed by atoms with Gasteiger partial charge in [-0.2, -0.15) is 0 Å². The number of carbonyl (C=O) groups is 1. The van der Waals surface area contributed by atoms with E-state index < -0.39 is 0 Å². The van der Waals surface area contributed by atoms with Crippen molar-refractivity contribution < 1.29 is 13.9 Å². The van der Waals surface area contributed by atoms with Crippen LogP contribution in [0, 0.1) is 5.92 Å². The molecule has 6 heteroatoms. The van der Waals surface area contributed by atoms with Crippen molar-refractivity contribution in [2.24, 2.45) is 5.92 Å². The monoisotopic (exact) mass is 346 g/mol. The standard InChI is InChI=1S/C18H19ClN2O3/c19-16-4-2-1-3-15(16)17-6-5-14(24-17)9-21-7-12-10-23-11-13(8-21)20-18(12)22/h1-6,12-13H,7-11H2,(H,20,22)/t12-,13+/m1/s1. The summed E-state index contributed by atoms with van der Waals surface area (Å²) in [4.78, 5) is 14.3. The van der Waals surface area contributed by atoms with Gasteiger partial charge in [-0.05, 0) is 24.3 Å². The van der Waals surface area contributed by atoms with Gasteiger partial charge in [-0.1, -0.05) is 23.7 Å². The lowest BCUT2D eigenvalue weighted by Crippen LogP contribution is -2.41. The van der Waals surface area contributed by atoms with Gasteiger partial charge in [0.25, 0.3) is 0 Å². The van der Waals surface area contributed by atoms with Crippen molar-refractivity contribution in [3.05, 3.63) is 47.2 Å². The number of rotatable bonds is 3. The minimum Gasteiger partial charge on any atom is -0.460 e. The maximum Gasteiger partial charge on any atom is 0.227 e. The Kier molecular flexibility index (Phi) is 4.31. The second-order valence-electron chi connectivity index (χ2n) is 6.38. The van der Waals surface area contributed by atoms with Crippen LogP contribution in [0.5, 0.6) is 0 Å². The molecule has 4 rings (SSSR count). The number of ether oxygens (including phenoxy) is 1. The van der Waals surface area contributed by atoms with Crippen LogP contribution in [0.2, 0.25) is 5.02 Å². The maximum atomic E-state index is 12.1. The zero-order chi connectivity index (χ0) is 16.5. The molecule has 0 saturated carbocycles. The molecule has 24 heavy (non-hydrogen) atoms.